The van der Waals surface area contributed by atoms with Crippen LogP contribution >= 0.6 is 27.3 Å². The van der Waals surface area contributed by atoms with E-state index in [9.17, 15) is 9.90 Å². The van der Waals surface area contributed by atoms with Gasteiger partial charge in [-0.25, -0.2) is 4.79 Å². The number of carbonyl (C=O) groups is 1. The molecule has 1 aromatic heterocycles. The van der Waals surface area contributed by atoms with E-state index in [1.807, 2.05) is 53.9 Å². The Kier molecular flexibility index (Phi) is 3.94. The zero-order chi connectivity index (χ0) is 14.8. The lowest BCUT2D eigenvalue weighted by Crippen LogP contribution is -2.20. The van der Waals surface area contributed by atoms with E-state index in [4.69, 9.17) is 0 Å². The Hall–Kier alpha value is -1.85. The van der Waals surface area contributed by atoms with Gasteiger partial charge < -0.3 is 10.4 Å². The van der Waals surface area contributed by atoms with Crippen molar-refractivity contribution in [3.05, 3.63) is 63.9 Å². The number of nitrogens with one attached hydrogen (secondary N) is 1. The van der Waals surface area contributed by atoms with Gasteiger partial charge >= 0.3 is 5.97 Å². The van der Waals surface area contributed by atoms with Crippen LogP contribution in [0, 0.1) is 0 Å². The molecule has 1 atom stereocenters. The lowest BCUT2D eigenvalue weighted by atomic mass is 10.1. The number of hydrogen-bond acceptors (Lipinski definition) is 3. The maximum Gasteiger partial charge on any atom is 0.330 e. The molecule has 0 spiro atoms. The van der Waals surface area contributed by atoms with E-state index >= 15 is 0 Å². The topological polar surface area (TPSA) is 49.3 Å². The van der Waals surface area contributed by atoms with Gasteiger partial charge in [0.25, 0.3) is 0 Å². The van der Waals surface area contributed by atoms with Crippen LogP contribution in [0.15, 0.2) is 58.4 Å². The number of benzene rings is 2. The molecule has 3 aromatic rings. The molecule has 2 N–H and O–H groups in total. The highest BCUT2D eigenvalue weighted by Gasteiger charge is 2.22. The lowest BCUT2D eigenvalue weighted by Gasteiger charge is -2.15. The summed E-state index contributed by atoms with van der Waals surface area (Å²) in [7, 11) is 0. The van der Waals surface area contributed by atoms with Crippen LogP contribution in [-0.2, 0) is 4.79 Å². The first kappa shape index (κ1) is 14.1. The van der Waals surface area contributed by atoms with Crippen molar-refractivity contribution >= 4 is 49.0 Å². The molecule has 0 amide bonds. The van der Waals surface area contributed by atoms with Gasteiger partial charge in [0, 0.05) is 20.4 Å². The maximum absolute atomic E-state index is 11.7. The van der Waals surface area contributed by atoms with E-state index in [1.165, 1.54) is 0 Å². The summed E-state index contributed by atoms with van der Waals surface area (Å²) in [5.74, 6) is -0.890. The highest BCUT2D eigenvalue weighted by Crippen LogP contribution is 2.32. The summed E-state index contributed by atoms with van der Waals surface area (Å²) in [5.41, 5.74) is 1.56. The Morgan fingerprint density at radius 2 is 2.00 bits per heavy atom. The molecule has 3 rings (SSSR count). The van der Waals surface area contributed by atoms with Crippen molar-refractivity contribution < 1.29 is 9.90 Å². The van der Waals surface area contributed by atoms with Gasteiger partial charge in [0.05, 0.1) is 0 Å². The van der Waals surface area contributed by atoms with Crippen molar-refractivity contribution in [1.82, 2.24) is 0 Å². The van der Waals surface area contributed by atoms with Crippen LogP contribution in [0.2, 0.25) is 0 Å². The van der Waals surface area contributed by atoms with Crippen LogP contribution in [0.1, 0.15) is 11.6 Å². The largest absolute Gasteiger partial charge is 0.479 e. The summed E-state index contributed by atoms with van der Waals surface area (Å²) in [6, 6.07) is 14.6. The average Bonchev–Trinajstić information content (AvgIpc) is 2.88. The Balaban J connectivity index is 2.00. The molecule has 2 aromatic carbocycles. The van der Waals surface area contributed by atoms with E-state index in [0.29, 0.717) is 0 Å². The molecule has 0 fully saturated rings. The predicted molar refractivity (Wildman–Crippen MR) is 90.0 cm³/mol. The molecule has 0 saturated carbocycles. The number of halogens is 1. The third-order valence-electron chi connectivity index (χ3n) is 3.20. The van der Waals surface area contributed by atoms with Crippen LogP contribution < -0.4 is 5.32 Å². The maximum atomic E-state index is 11.7. The molecule has 0 radical (unpaired) electrons. The van der Waals surface area contributed by atoms with Crippen molar-refractivity contribution in [2.75, 3.05) is 5.32 Å². The van der Waals surface area contributed by atoms with E-state index in [1.54, 1.807) is 11.3 Å². The number of aliphatic carboxylic acids is 1. The van der Waals surface area contributed by atoms with E-state index in [-0.39, 0.29) is 0 Å². The number of hydrogen-bond donors (Lipinski definition) is 2. The normalized spacial score (nSPS) is 12.2. The van der Waals surface area contributed by atoms with Crippen LogP contribution in [-0.4, -0.2) is 11.1 Å². The summed E-state index contributed by atoms with van der Waals surface area (Å²) in [6.45, 7) is 0. The summed E-state index contributed by atoms with van der Waals surface area (Å²) in [5, 5.41) is 15.6. The minimum absolute atomic E-state index is 0.768. The number of rotatable bonds is 4. The molecule has 106 valence electrons. The molecular weight excluding hydrogens is 350 g/mol. The van der Waals surface area contributed by atoms with Gasteiger partial charge in [-0.1, -0.05) is 40.2 Å². The monoisotopic (exact) mass is 361 g/mol. The van der Waals surface area contributed by atoms with Gasteiger partial charge in [-0.05, 0) is 35.0 Å². The fraction of sp³-hybridized carbons (Fsp3) is 0.0625. The molecule has 0 aliphatic carbocycles. The molecule has 21 heavy (non-hydrogen) atoms. The Morgan fingerprint density at radius 1 is 1.19 bits per heavy atom. The molecule has 0 bridgehead atoms. The SMILES string of the molecule is O=C(O)C(Nc1cccc(Br)c1)c1csc2ccccc12. The standard InChI is InChI=1S/C16H12BrNO2S/c17-10-4-3-5-11(8-10)18-15(16(19)20)13-9-21-14-7-2-1-6-12(13)14/h1-9,15,18H,(H,19,20). The number of anilines is 1. The zero-order valence-electron chi connectivity index (χ0n) is 10.9. The Morgan fingerprint density at radius 3 is 2.76 bits per heavy atom. The van der Waals surface area contributed by atoms with Gasteiger partial charge in [-0.2, -0.15) is 0 Å². The first-order valence-electron chi connectivity index (χ1n) is 6.36. The molecule has 0 aliphatic rings. The molecule has 0 aliphatic heterocycles. The summed E-state index contributed by atoms with van der Waals surface area (Å²) >= 11 is 4.95. The molecule has 0 saturated heterocycles. The van der Waals surface area contributed by atoms with Crippen LogP contribution in [0.5, 0.6) is 0 Å². The second kappa shape index (κ2) is 5.87. The number of carboxylic acids is 1. The van der Waals surface area contributed by atoms with Crippen molar-refractivity contribution in [2.45, 2.75) is 6.04 Å². The molecule has 1 unspecified atom stereocenters. The predicted octanol–water partition coefficient (Wildman–Crippen LogP) is 4.90. The third kappa shape index (κ3) is 2.94. The Labute approximate surface area is 134 Å². The van der Waals surface area contributed by atoms with E-state index in [0.717, 1.165) is 25.8 Å². The Bertz CT molecular complexity index is 800. The number of fused-ring (bicyclic) bond motifs is 1. The fourth-order valence-corrected chi connectivity index (χ4v) is 3.63. The highest BCUT2D eigenvalue weighted by molar-refractivity contribution is 9.10. The third-order valence-corrected chi connectivity index (χ3v) is 4.68. The minimum atomic E-state index is -0.890. The van der Waals surface area contributed by atoms with Gasteiger partial charge in [-0.3, -0.25) is 0 Å². The van der Waals surface area contributed by atoms with E-state index < -0.39 is 12.0 Å². The van der Waals surface area contributed by atoms with E-state index in [2.05, 4.69) is 21.2 Å². The second-order valence-electron chi connectivity index (χ2n) is 4.61. The molecular formula is C16H12BrNO2S. The van der Waals surface area contributed by atoms with Gasteiger partial charge in [0.1, 0.15) is 0 Å². The second-order valence-corrected chi connectivity index (χ2v) is 6.44. The summed E-state index contributed by atoms with van der Waals surface area (Å²) in [4.78, 5) is 11.7. The first-order valence-corrected chi connectivity index (χ1v) is 8.03. The lowest BCUT2D eigenvalue weighted by molar-refractivity contribution is -0.138. The van der Waals surface area contributed by atoms with Crippen LogP contribution in [0.3, 0.4) is 0 Å². The van der Waals surface area contributed by atoms with Crippen LogP contribution in [0.4, 0.5) is 5.69 Å². The summed E-state index contributed by atoms with van der Waals surface area (Å²) in [6.07, 6.45) is 0. The number of carboxylic acid groups (broad SMARTS) is 1. The van der Waals surface area contributed by atoms with Gasteiger partial charge in [0.2, 0.25) is 0 Å². The van der Waals surface area contributed by atoms with Gasteiger partial charge in [-0.15, -0.1) is 11.3 Å². The van der Waals surface area contributed by atoms with Crippen LogP contribution in [0.25, 0.3) is 10.1 Å². The molecule has 5 heteroatoms. The summed E-state index contributed by atoms with van der Waals surface area (Å²) < 4.78 is 2.00. The molecule has 1 heterocycles. The van der Waals surface area contributed by atoms with Crippen molar-refractivity contribution in [3.63, 3.8) is 0 Å². The number of thiophene rings is 1. The zero-order valence-corrected chi connectivity index (χ0v) is 13.3. The van der Waals surface area contributed by atoms with Crippen molar-refractivity contribution in [2.24, 2.45) is 0 Å². The van der Waals surface area contributed by atoms with Crippen molar-refractivity contribution in [1.29, 1.82) is 0 Å². The smallest absolute Gasteiger partial charge is 0.330 e. The highest BCUT2D eigenvalue weighted by atomic mass is 79.9. The van der Waals surface area contributed by atoms with Crippen molar-refractivity contribution in [3.8, 4) is 0 Å². The minimum Gasteiger partial charge on any atom is -0.479 e. The average molecular weight is 362 g/mol. The molecule has 3 nitrogen and oxygen atoms in total. The fourth-order valence-electron chi connectivity index (χ4n) is 2.24. The van der Waals surface area contributed by atoms with Gasteiger partial charge in [0.15, 0.2) is 6.04 Å². The quantitative estimate of drug-likeness (QED) is 0.694. The first-order chi connectivity index (χ1) is 10.1.